The Kier molecular flexibility index (Phi) is 2.74. The molecule has 74 valence electrons. The summed E-state index contributed by atoms with van der Waals surface area (Å²) in [7, 11) is 0. The Morgan fingerprint density at radius 2 is 1.86 bits per heavy atom. The fourth-order valence-corrected chi connectivity index (χ4v) is 0.760. The van der Waals surface area contributed by atoms with Crippen molar-refractivity contribution in [3.8, 4) is 0 Å². The molecule has 0 bridgehead atoms. The summed E-state index contributed by atoms with van der Waals surface area (Å²) in [4.78, 5) is 23.6. The largest absolute Gasteiger partial charge is 0.235 e. The predicted molar refractivity (Wildman–Crippen MR) is 45.5 cm³/mol. The maximum absolute atomic E-state index is 10.0. The Hall–Kier alpha value is -2.45. The van der Waals surface area contributed by atoms with E-state index in [9.17, 15) is 20.2 Å². The van der Waals surface area contributed by atoms with Gasteiger partial charge in [-0.1, -0.05) is 5.43 Å². The summed E-state index contributed by atoms with van der Waals surface area (Å²) in [5, 5.41) is 18.4. The van der Waals surface area contributed by atoms with Crippen LogP contribution in [0, 0.1) is 20.2 Å². The molecule has 9 heteroatoms. The molecule has 0 saturated heterocycles. The third-order valence-corrected chi connectivity index (χ3v) is 1.19. The first kappa shape index (κ1) is 9.64. The van der Waals surface area contributed by atoms with Crippen LogP contribution in [0.1, 0.15) is 0 Å². The summed E-state index contributed by atoms with van der Waals surface area (Å²) in [5.41, 5.74) is 3.71. The van der Waals surface area contributed by atoms with Crippen LogP contribution < -0.4 is 10.9 Å². The quantitative estimate of drug-likeness (QED) is 0.527. The van der Waals surface area contributed by atoms with E-state index < -0.39 is 10.1 Å². The molecule has 1 heterocycles. The van der Waals surface area contributed by atoms with Crippen molar-refractivity contribution in [1.82, 2.24) is 4.98 Å². The number of hydrogen-bond acceptors (Lipinski definition) is 5. The van der Waals surface area contributed by atoms with Gasteiger partial charge in [-0.05, 0) is 6.07 Å². The van der Waals surface area contributed by atoms with Gasteiger partial charge in [0.1, 0.15) is 5.69 Å². The van der Waals surface area contributed by atoms with Gasteiger partial charge in [-0.2, -0.15) is 0 Å². The van der Waals surface area contributed by atoms with Crippen molar-refractivity contribution in [2.45, 2.75) is 0 Å². The van der Waals surface area contributed by atoms with E-state index in [4.69, 9.17) is 0 Å². The molecule has 0 amide bonds. The molecular weight excluding hydrogens is 194 g/mol. The molecule has 0 radical (unpaired) electrons. The van der Waals surface area contributed by atoms with Gasteiger partial charge >= 0.3 is 0 Å². The van der Waals surface area contributed by atoms with Crippen LogP contribution in [0.3, 0.4) is 0 Å². The molecule has 9 nitrogen and oxygen atoms in total. The van der Waals surface area contributed by atoms with E-state index in [1.165, 1.54) is 12.3 Å². The Labute approximate surface area is 77.0 Å². The van der Waals surface area contributed by atoms with E-state index in [1.54, 1.807) is 5.43 Å². The van der Waals surface area contributed by atoms with Gasteiger partial charge in [-0.3, -0.25) is 0 Å². The third kappa shape index (κ3) is 2.89. The number of aromatic nitrogens is 1. The molecule has 2 N–H and O–H groups in total. The number of hydrazine groups is 2. The lowest BCUT2D eigenvalue weighted by Crippen LogP contribution is -2.11. The Morgan fingerprint density at radius 3 is 2.43 bits per heavy atom. The second-order valence-corrected chi connectivity index (χ2v) is 2.17. The Bertz CT molecular complexity index is 336. The maximum atomic E-state index is 10.0. The molecule has 1 aromatic heterocycles. The highest BCUT2D eigenvalue weighted by atomic mass is 16.7. The number of rotatable bonds is 4. The van der Waals surface area contributed by atoms with Crippen molar-refractivity contribution in [2.75, 3.05) is 10.9 Å². The second-order valence-electron chi connectivity index (χ2n) is 2.17. The van der Waals surface area contributed by atoms with E-state index in [0.29, 0.717) is 0 Å². The summed E-state index contributed by atoms with van der Waals surface area (Å²) in [6.45, 7) is 0. The zero-order valence-corrected chi connectivity index (χ0v) is 6.71. The van der Waals surface area contributed by atoms with Crippen molar-refractivity contribution < 1.29 is 10.1 Å². The molecule has 0 aliphatic carbocycles. The molecule has 0 atom stereocenters. The number of pyridine rings is 1. The van der Waals surface area contributed by atoms with E-state index >= 15 is 0 Å². The Morgan fingerprint density at radius 1 is 1.21 bits per heavy atom. The highest BCUT2D eigenvalue weighted by Crippen LogP contribution is 2.10. The molecule has 0 aromatic carbocycles. The average Bonchev–Trinajstić information content (AvgIpc) is 2.01. The van der Waals surface area contributed by atoms with Gasteiger partial charge in [-0.25, -0.2) is 25.2 Å². The fourth-order valence-electron chi connectivity index (χ4n) is 0.760. The second kappa shape index (κ2) is 3.98. The smallest absolute Gasteiger partial charge is 0.192 e. The van der Waals surface area contributed by atoms with Crippen LogP contribution in [0.5, 0.6) is 0 Å². The van der Waals surface area contributed by atoms with Crippen LogP contribution in [0.15, 0.2) is 18.3 Å². The highest BCUT2D eigenvalue weighted by Gasteiger charge is 2.04. The molecule has 0 aliphatic heterocycles. The number of anilines is 2. The minimum absolute atomic E-state index is 0.0816. The van der Waals surface area contributed by atoms with E-state index in [1.807, 2.05) is 5.43 Å². The molecule has 0 saturated carbocycles. The van der Waals surface area contributed by atoms with Crippen molar-refractivity contribution in [3.63, 3.8) is 0 Å². The predicted octanol–water partition coefficient (Wildman–Crippen LogP) is 0.289. The van der Waals surface area contributed by atoms with Gasteiger partial charge in [0.05, 0.1) is 0 Å². The van der Waals surface area contributed by atoms with Crippen LogP contribution in [0.25, 0.3) is 0 Å². The van der Waals surface area contributed by atoms with Crippen molar-refractivity contribution in [1.29, 1.82) is 0 Å². The minimum Gasteiger partial charge on any atom is -0.235 e. The average molecular weight is 199 g/mol. The number of nitrogens with one attached hydrogen (secondary N) is 2. The first-order chi connectivity index (χ1) is 6.58. The molecule has 14 heavy (non-hydrogen) atoms. The van der Waals surface area contributed by atoms with Gasteiger partial charge in [0, 0.05) is 12.3 Å². The zero-order valence-electron chi connectivity index (χ0n) is 6.71. The summed E-state index contributed by atoms with van der Waals surface area (Å²) >= 11 is 0. The molecular formula is C5H5N5O4. The molecule has 0 unspecified atom stereocenters. The van der Waals surface area contributed by atoms with E-state index in [2.05, 4.69) is 4.98 Å². The lowest BCUT2D eigenvalue weighted by Gasteiger charge is -1.98. The summed E-state index contributed by atoms with van der Waals surface area (Å²) in [6.07, 6.45) is 1.21. The monoisotopic (exact) mass is 199 g/mol. The lowest BCUT2D eigenvalue weighted by atomic mass is 10.4. The van der Waals surface area contributed by atoms with E-state index in [0.717, 1.165) is 6.07 Å². The Balaban J connectivity index is 2.78. The fraction of sp³-hybridized carbons (Fsp3) is 0. The van der Waals surface area contributed by atoms with Crippen molar-refractivity contribution >= 4 is 11.5 Å². The van der Waals surface area contributed by atoms with Crippen molar-refractivity contribution in [2.24, 2.45) is 0 Å². The van der Waals surface area contributed by atoms with E-state index in [-0.39, 0.29) is 11.5 Å². The standard InChI is InChI=1S/C5H5N5O4/c11-9(12)7-4-1-2-6-5(3-4)8-10(13)14/h1-3H,(H2,6,7,8). The topological polar surface area (TPSA) is 123 Å². The molecule has 1 aromatic rings. The molecule has 0 spiro atoms. The normalized spacial score (nSPS) is 9.14. The van der Waals surface area contributed by atoms with Crippen LogP contribution in [0.2, 0.25) is 0 Å². The van der Waals surface area contributed by atoms with Gasteiger partial charge < -0.3 is 0 Å². The number of nitro groups is 2. The minimum atomic E-state index is -0.807. The number of nitrogens with zero attached hydrogens (tertiary/aromatic N) is 3. The SMILES string of the molecule is O=[N+]([O-])Nc1ccnc(N[N+](=O)[O-])c1. The van der Waals surface area contributed by atoms with Crippen LogP contribution in [-0.2, 0) is 0 Å². The third-order valence-electron chi connectivity index (χ3n) is 1.19. The zero-order chi connectivity index (χ0) is 10.6. The molecule has 0 fully saturated rings. The lowest BCUT2D eigenvalue weighted by molar-refractivity contribution is -0.446. The molecule has 0 aliphatic rings. The first-order valence-corrected chi connectivity index (χ1v) is 3.36. The van der Waals surface area contributed by atoms with Crippen molar-refractivity contribution in [3.05, 3.63) is 38.6 Å². The van der Waals surface area contributed by atoms with Gasteiger partial charge in [0.15, 0.2) is 15.9 Å². The van der Waals surface area contributed by atoms with Gasteiger partial charge in [-0.15, -0.1) is 5.43 Å². The first-order valence-electron chi connectivity index (χ1n) is 3.36. The highest BCUT2D eigenvalue weighted by molar-refractivity contribution is 5.49. The summed E-state index contributed by atoms with van der Waals surface area (Å²) < 4.78 is 0. The van der Waals surface area contributed by atoms with Gasteiger partial charge in [0.25, 0.3) is 0 Å². The van der Waals surface area contributed by atoms with Gasteiger partial charge in [0.2, 0.25) is 0 Å². The maximum Gasteiger partial charge on any atom is 0.192 e. The summed E-state index contributed by atoms with van der Waals surface area (Å²) in [5.74, 6) is -0.0816. The van der Waals surface area contributed by atoms with Crippen LogP contribution in [-0.4, -0.2) is 15.0 Å². The number of hydrogen-bond donors (Lipinski definition) is 2. The summed E-state index contributed by atoms with van der Waals surface area (Å²) in [6, 6.07) is 2.46. The van der Waals surface area contributed by atoms with Crippen LogP contribution in [0.4, 0.5) is 11.5 Å². The van der Waals surface area contributed by atoms with Crippen LogP contribution >= 0.6 is 0 Å². The molecule has 1 rings (SSSR count).